The first-order valence-corrected chi connectivity index (χ1v) is 10.3. The minimum atomic E-state index is -0.374. The van der Waals surface area contributed by atoms with Crippen LogP contribution in [0.3, 0.4) is 0 Å². The van der Waals surface area contributed by atoms with Crippen LogP contribution in [0.2, 0.25) is 0 Å². The van der Waals surface area contributed by atoms with Gasteiger partial charge < -0.3 is 10.1 Å². The predicted octanol–water partition coefficient (Wildman–Crippen LogP) is 4.68. The third-order valence-electron chi connectivity index (χ3n) is 4.90. The highest BCUT2D eigenvalue weighted by Gasteiger charge is 2.12. The number of aromatic nitrogens is 4. The number of amides is 1. The molecule has 0 aliphatic carbocycles. The van der Waals surface area contributed by atoms with E-state index in [2.05, 4.69) is 29.4 Å². The number of nitrogens with one attached hydrogen (secondary N) is 1. The molecule has 7 nitrogen and oxygen atoms in total. The maximum absolute atomic E-state index is 13.3. The van der Waals surface area contributed by atoms with Crippen LogP contribution in [0.5, 0.6) is 5.75 Å². The number of benzene rings is 2. The summed E-state index contributed by atoms with van der Waals surface area (Å²) >= 11 is 0. The van der Waals surface area contributed by atoms with Gasteiger partial charge in [0.25, 0.3) is 5.91 Å². The van der Waals surface area contributed by atoms with E-state index in [9.17, 15) is 9.18 Å². The molecule has 4 rings (SSSR count). The fourth-order valence-corrected chi connectivity index (χ4v) is 3.16. The first-order valence-electron chi connectivity index (χ1n) is 10.3. The lowest BCUT2D eigenvalue weighted by molar-refractivity contribution is 0.101. The van der Waals surface area contributed by atoms with Gasteiger partial charge in [0, 0.05) is 18.5 Å². The number of nitrogens with zero attached hydrogens (tertiary/aromatic N) is 4. The Morgan fingerprint density at radius 1 is 1.03 bits per heavy atom. The van der Waals surface area contributed by atoms with Crippen molar-refractivity contribution in [3.8, 4) is 5.75 Å². The molecular weight excluding hydrogens is 409 g/mol. The SMILES string of the molecule is CC(C)c1ccc(OCn2ccc(C(=O)Nc3ccn(Cc4cccc(F)c4)n3)n2)cc1. The summed E-state index contributed by atoms with van der Waals surface area (Å²) in [5.74, 6) is 0.919. The van der Waals surface area contributed by atoms with Crippen molar-refractivity contribution >= 4 is 11.7 Å². The molecule has 0 aliphatic rings. The maximum atomic E-state index is 13.3. The number of ether oxygens (including phenoxy) is 1. The smallest absolute Gasteiger partial charge is 0.277 e. The summed E-state index contributed by atoms with van der Waals surface area (Å²) < 4.78 is 22.2. The highest BCUT2D eigenvalue weighted by atomic mass is 19.1. The summed E-state index contributed by atoms with van der Waals surface area (Å²) in [5, 5.41) is 11.3. The lowest BCUT2D eigenvalue weighted by atomic mass is 10.0. The molecule has 0 spiro atoms. The van der Waals surface area contributed by atoms with Crippen molar-refractivity contribution < 1.29 is 13.9 Å². The van der Waals surface area contributed by atoms with E-state index < -0.39 is 0 Å². The molecule has 0 saturated heterocycles. The Bertz CT molecular complexity index is 1200. The van der Waals surface area contributed by atoms with Crippen molar-refractivity contribution in [3.63, 3.8) is 0 Å². The number of rotatable bonds is 8. The van der Waals surface area contributed by atoms with Crippen molar-refractivity contribution in [2.75, 3.05) is 5.32 Å². The van der Waals surface area contributed by atoms with Gasteiger partial charge >= 0.3 is 0 Å². The summed E-state index contributed by atoms with van der Waals surface area (Å²) in [6, 6.07) is 17.5. The van der Waals surface area contributed by atoms with Crippen molar-refractivity contribution in [1.29, 1.82) is 0 Å². The van der Waals surface area contributed by atoms with Crippen LogP contribution in [-0.4, -0.2) is 25.5 Å². The summed E-state index contributed by atoms with van der Waals surface area (Å²) in [6.45, 7) is 4.87. The Kier molecular flexibility index (Phi) is 6.30. The standard InChI is InChI=1S/C24H24FN5O2/c1-17(2)19-6-8-21(9-7-19)32-16-30-12-10-22(27-30)24(31)26-23-11-13-29(28-23)15-18-4-3-5-20(25)14-18/h3-14,17H,15-16H2,1-2H3,(H,26,28,31). The number of hydrogen-bond acceptors (Lipinski definition) is 4. The average Bonchev–Trinajstić information content (AvgIpc) is 3.42. The Labute approximate surface area is 185 Å². The van der Waals surface area contributed by atoms with Gasteiger partial charge in [-0.15, -0.1) is 0 Å². The van der Waals surface area contributed by atoms with Crippen LogP contribution in [0, 0.1) is 5.82 Å². The first kappa shape index (κ1) is 21.3. The molecule has 1 N–H and O–H groups in total. The molecular formula is C24H24FN5O2. The van der Waals surface area contributed by atoms with E-state index in [4.69, 9.17) is 4.74 Å². The van der Waals surface area contributed by atoms with Crippen LogP contribution < -0.4 is 10.1 Å². The summed E-state index contributed by atoms with van der Waals surface area (Å²) in [4.78, 5) is 12.5. The number of carbonyl (C=O) groups is 1. The van der Waals surface area contributed by atoms with Gasteiger partial charge in [0.15, 0.2) is 18.2 Å². The Morgan fingerprint density at radius 2 is 1.81 bits per heavy atom. The van der Waals surface area contributed by atoms with Crippen LogP contribution in [0.15, 0.2) is 73.1 Å². The maximum Gasteiger partial charge on any atom is 0.277 e. The zero-order valence-corrected chi connectivity index (χ0v) is 17.9. The van der Waals surface area contributed by atoms with E-state index in [0.29, 0.717) is 18.3 Å². The van der Waals surface area contributed by atoms with E-state index in [0.717, 1.165) is 11.3 Å². The predicted molar refractivity (Wildman–Crippen MR) is 119 cm³/mol. The fraction of sp³-hybridized carbons (Fsp3) is 0.208. The molecule has 1 amide bonds. The molecule has 0 saturated carbocycles. The number of anilines is 1. The number of hydrogen-bond donors (Lipinski definition) is 1. The summed E-state index contributed by atoms with van der Waals surface area (Å²) in [6.07, 6.45) is 3.40. The Morgan fingerprint density at radius 3 is 2.56 bits per heavy atom. The van der Waals surface area contributed by atoms with Gasteiger partial charge in [-0.3, -0.25) is 9.48 Å². The topological polar surface area (TPSA) is 74.0 Å². The van der Waals surface area contributed by atoms with Gasteiger partial charge in [0.05, 0.1) is 6.54 Å². The lowest BCUT2D eigenvalue weighted by Gasteiger charge is -2.09. The highest BCUT2D eigenvalue weighted by molar-refractivity contribution is 6.02. The molecule has 0 radical (unpaired) electrons. The van der Waals surface area contributed by atoms with Crippen molar-refractivity contribution in [1.82, 2.24) is 19.6 Å². The summed E-state index contributed by atoms with van der Waals surface area (Å²) in [7, 11) is 0. The van der Waals surface area contributed by atoms with Gasteiger partial charge in [-0.1, -0.05) is 38.1 Å². The lowest BCUT2D eigenvalue weighted by Crippen LogP contribution is -2.15. The minimum absolute atomic E-state index is 0.191. The van der Waals surface area contributed by atoms with Gasteiger partial charge in [-0.05, 0) is 47.4 Å². The average molecular weight is 433 g/mol. The zero-order valence-electron chi connectivity index (χ0n) is 17.9. The van der Waals surface area contributed by atoms with Gasteiger partial charge in [0.1, 0.15) is 11.6 Å². The molecule has 0 fully saturated rings. The van der Waals surface area contributed by atoms with E-state index >= 15 is 0 Å². The van der Waals surface area contributed by atoms with Gasteiger partial charge in [0.2, 0.25) is 0 Å². The number of halogens is 1. The van der Waals surface area contributed by atoms with Crippen molar-refractivity contribution in [3.05, 3.63) is 95.7 Å². The Hall–Kier alpha value is -3.94. The Balaban J connectivity index is 1.31. The first-order chi connectivity index (χ1) is 15.5. The third kappa shape index (κ3) is 5.40. The largest absolute Gasteiger partial charge is 0.471 e. The third-order valence-corrected chi connectivity index (χ3v) is 4.90. The van der Waals surface area contributed by atoms with Crippen LogP contribution in [0.4, 0.5) is 10.2 Å². The molecule has 0 aliphatic heterocycles. The molecule has 2 heterocycles. The van der Waals surface area contributed by atoms with Crippen LogP contribution in [-0.2, 0) is 13.3 Å². The minimum Gasteiger partial charge on any atom is -0.471 e. The second kappa shape index (κ2) is 9.47. The molecule has 164 valence electrons. The van der Waals surface area contributed by atoms with E-state index in [1.165, 1.54) is 17.7 Å². The molecule has 2 aromatic carbocycles. The van der Waals surface area contributed by atoms with E-state index in [1.807, 2.05) is 30.3 Å². The van der Waals surface area contributed by atoms with Crippen LogP contribution in [0.1, 0.15) is 41.4 Å². The zero-order chi connectivity index (χ0) is 22.5. The summed E-state index contributed by atoms with van der Waals surface area (Å²) in [5.41, 5.74) is 2.28. The van der Waals surface area contributed by atoms with E-state index in [-0.39, 0.29) is 24.1 Å². The normalized spacial score (nSPS) is 11.0. The second-order valence-corrected chi connectivity index (χ2v) is 7.72. The van der Waals surface area contributed by atoms with E-state index in [1.54, 1.807) is 40.0 Å². The molecule has 0 bridgehead atoms. The van der Waals surface area contributed by atoms with Crippen molar-refractivity contribution in [2.24, 2.45) is 0 Å². The van der Waals surface area contributed by atoms with Crippen molar-refractivity contribution in [2.45, 2.75) is 33.0 Å². The number of carbonyl (C=O) groups excluding carboxylic acids is 1. The van der Waals surface area contributed by atoms with Gasteiger partial charge in [-0.2, -0.15) is 10.2 Å². The highest BCUT2D eigenvalue weighted by Crippen LogP contribution is 2.19. The van der Waals surface area contributed by atoms with Crippen LogP contribution >= 0.6 is 0 Å². The molecule has 0 unspecified atom stereocenters. The molecule has 2 aromatic heterocycles. The monoisotopic (exact) mass is 433 g/mol. The van der Waals surface area contributed by atoms with Crippen LogP contribution in [0.25, 0.3) is 0 Å². The fourth-order valence-electron chi connectivity index (χ4n) is 3.16. The molecule has 4 aromatic rings. The second-order valence-electron chi connectivity index (χ2n) is 7.72. The molecule has 0 atom stereocenters. The molecule has 8 heteroatoms. The van der Waals surface area contributed by atoms with Gasteiger partial charge in [-0.25, -0.2) is 9.07 Å². The molecule has 32 heavy (non-hydrogen) atoms. The quantitative estimate of drug-likeness (QED) is 0.438.